The first-order chi connectivity index (χ1) is 6.09. The molecule has 0 N–H and O–H groups in total. The molecule has 2 nitrogen and oxygen atoms in total. The number of carbonyl (C=O) groups is 2. The standard InChI is InChI=1S/C11H14O2/c1-6(2)7-3-8-9(4-7)11(13)5-10(8)12/h8-9H,3-5H2,1-2H3/t8-,9+. The molecule has 0 aliphatic heterocycles. The highest BCUT2D eigenvalue weighted by Crippen LogP contribution is 2.43. The summed E-state index contributed by atoms with van der Waals surface area (Å²) in [5.74, 6) is 0.423. The molecule has 2 saturated carbocycles. The number of allylic oxidation sites excluding steroid dienone is 2. The van der Waals surface area contributed by atoms with Gasteiger partial charge in [-0.3, -0.25) is 9.59 Å². The summed E-state index contributed by atoms with van der Waals surface area (Å²) in [6, 6.07) is 0. The smallest absolute Gasteiger partial charge is 0.144 e. The Hall–Kier alpha value is -0.920. The maximum atomic E-state index is 11.4. The van der Waals surface area contributed by atoms with E-state index in [4.69, 9.17) is 0 Å². The van der Waals surface area contributed by atoms with Crippen LogP contribution in [-0.2, 0) is 9.59 Å². The average molecular weight is 178 g/mol. The van der Waals surface area contributed by atoms with Crippen molar-refractivity contribution in [1.82, 2.24) is 0 Å². The normalized spacial score (nSPS) is 32.6. The lowest BCUT2D eigenvalue weighted by Gasteiger charge is -2.01. The molecule has 13 heavy (non-hydrogen) atoms. The molecule has 2 aliphatic rings. The number of Topliss-reactive ketones (excluding diaryl/α,β-unsaturated/α-hetero) is 2. The number of hydrogen-bond acceptors (Lipinski definition) is 2. The van der Waals surface area contributed by atoms with E-state index in [2.05, 4.69) is 13.8 Å². The van der Waals surface area contributed by atoms with Gasteiger partial charge < -0.3 is 0 Å². The molecule has 0 saturated heterocycles. The molecule has 0 unspecified atom stereocenters. The molecule has 0 aromatic rings. The van der Waals surface area contributed by atoms with Gasteiger partial charge in [0.2, 0.25) is 0 Å². The minimum Gasteiger partial charge on any atom is -0.299 e. The minimum atomic E-state index is 0.0393. The molecular weight excluding hydrogens is 164 g/mol. The van der Waals surface area contributed by atoms with Gasteiger partial charge in [0.05, 0.1) is 6.42 Å². The summed E-state index contributed by atoms with van der Waals surface area (Å²) >= 11 is 0. The van der Waals surface area contributed by atoms with E-state index in [1.54, 1.807) is 0 Å². The SMILES string of the molecule is CC(C)=C1C[C@@H]2C(=O)CC(=O)[C@@H]2C1. The van der Waals surface area contributed by atoms with Crippen LogP contribution in [0.1, 0.15) is 33.1 Å². The van der Waals surface area contributed by atoms with E-state index in [0.29, 0.717) is 0 Å². The lowest BCUT2D eigenvalue weighted by Crippen LogP contribution is -2.09. The van der Waals surface area contributed by atoms with Gasteiger partial charge in [-0.1, -0.05) is 11.1 Å². The van der Waals surface area contributed by atoms with Gasteiger partial charge in [0.1, 0.15) is 11.6 Å². The number of fused-ring (bicyclic) bond motifs is 1. The molecule has 70 valence electrons. The van der Waals surface area contributed by atoms with Crippen LogP contribution in [0.3, 0.4) is 0 Å². The van der Waals surface area contributed by atoms with Crippen molar-refractivity contribution < 1.29 is 9.59 Å². The van der Waals surface area contributed by atoms with Crippen molar-refractivity contribution in [2.75, 3.05) is 0 Å². The third kappa shape index (κ3) is 1.25. The molecule has 0 bridgehead atoms. The summed E-state index contributed by atoms with van der Waals surface area (Å²) in [5.41, 5.74) is 2.62. The second-order valence-electron chi connectivity index (χ2n) is 4.33. The molecule has 0 heterocycles. The lowest BCUT2D eigenvalue weighted by molar-refractivity contribution is -0.123. The fourth-order valence-electron chi connectivity index (χ4n) is 2.42. The number of ketones is 2. The van der Waals surface area contributed by atoms with Crippen LogP contribution >= 0.6 is 0 Å². The van der Waals surface area contributed by atoms with E-state index in [1.165, 1.54) is 11.1 Å². The second kappa shape index (κ2) is 2.79. The fourth-order valence-corrected chi connectivity index (χ4v) is 2.42. The van der Waals surface area contributed by atoms with Crippen LogP contribution in [-0.4, -0.2) is 11.6 Å². The zero-order valence-electron chi connectivity index (χ0n) is 8.09. The second-order valence-corrected chi connectivity index (χ2v) is 4.33. The molecule has 0 aromatic heterocycles. The van der Waals surface area contributed by atoms with Crippen LogP contribution in [0, 0.1) is 11.8 Å². The van der Waals surface area contributed by atoms with Gasteiger partial charge in [-0.05, 0) is 26.7 Å². The van der Waals surface area contributed by atoms with Crippen molar-refractivity contribution in [1.29, 1.82) is 0 Å². The summed E-state index contributed by atoms with van der Waals surface area (Å²) in [7, 11) is 0. The van der Waals surface area contributed by atoms with Crippen molar-refractivity contribution in [2.45, 2.75) is 33.1 Å². The van der Waals surface area contributed by atoms with Gasteiger partial charge in [0.25, 0.3) is 0 Å². The Morgan fingerprint density at radius 3 is 1.92 bits per heavy atom. The highest BCUT2D eigenvalue weighted by Gasteiger charge is 2.45. The number of rotatable bonds is 0. The van der Waals surface area contributed by atoms with Crippen LogP contribution in [0.2, 0.25) is 0 Å². The fraction of sp³-hybridized carbons (Fsp3) is 0.636. The third-order valence-corrected chi connectivity index (χ3v) is 3.30. The molecule has 0 amide bonds. The Morgan fingerprint density at radius 1 is 1.08 bits per heavy atom. The molecule has 0 radical (unpaired) electrons. The van der Waals surface area contributed by atoms with Crippen molar-refractivity contribution in [3.8, 4) is 0 Å². The first kappa shape index (κ1) is 8.67. The highest BCUT2D eigenvalue weighted by molar-refractivity contribution is 6.09. The van der Waals surface area contributed by atoms with Crippen molar-refractivity contribution >= 4 is 11.6 Å². The van der Waals surface area contributed by atoms with Crippen LogP contribution in [0.15, 0.2) is 11.1 Å². The Balaban J connectivity index is 2.27. The zero-order valence-corrected chi connectivity index (χ0v) is 8.09. The van der Waals surface area contributed by atoms with Crippen LogP contribution in [0.4, 0.5) is 0 Å². The highest BCUT2D eigenvalue weighted by atomic mass is 16.2. The number of hydrogen-bond donors (Lipinski definition) is 0. The van der Waals surface area contributed by atoms with Gasteiger partial charge >= 0.3 is 0 Å². The summed E-state index contributed by atoms with van der Waals surface area (Å²) in [6.45, 7) is 4.12. The minimum absolute atomic E-state index is 0.0393. The molecule has 2 aliphatic carbocycles. The predicted molar refractivity (Wildman–Crippen MR) is 49.2 cm³/mol. The first-order valence-electron chi connectivity index (χ1n) is 4.80. The van der Waals surface area contributed by atoms with Crippen molar-refractivity contribution in [2.24, 2.45) is 11.8 Å². The van der Waals surface area contributed by atoms with E-state index in [9.17, 15) is 9.59 Å². The lowest BCUT2D eigenvalue weighted by atomic mass is 10.00. The average Bonchev–Trinajstić information content (AvgIpc) is 2.55. The van der Waals surface area contributed by atoms with Crippen molar-refractivity contribution in [3.63, 3.8) is 0 Å². The van der Waals surface area contributed by atoms with Gasteiger partial charge in [0, 0.05) is 11.8 Å². The predicted octanol–water partition coefficient (Wildman–Crippen LogP) is 1.89. The van der Waals surface area contributed by atoms with Crippen LogP contribution in [0.25, 0.3) is 0 Å². The Morgan fingerprint density at radius 2 is 1.54 bits per heavy atom. The summed E-state index contributed by atoms with van der Waals surface area (Å²) in [6.07, 6.45) is 1.89. The molecule has 0 spiro atoms. The van der Waals surface area contributed by atoms with Gasteiger partial charge in [-0.25, -0.2) is 0 Å². The largest absolute Gasteiger partial charge is 0.299 e. The molecule has 0 aromatic carbocycles. The van der Waals surface area contributed by atoms with Crippen LogP contribution in [0.5, 0.6) is 0 Å². The van der Waals surface area contributed by atoms with E-state index in [1.807, 2.05) is 0 Å². The van der Waals surface area contributed by atoms with E-state index in [0.717, 1.165) is 12.8 Å². The summed E-state index contributed by atoms with van der Waals surface area (Å²) < 4.78 is 0. The molecular formula is C11H14O2. The van der Waals surface area contributed by atoms with Crippen molar-refractivity contribution in [3.05, 3.63) is 11.1 Å². The van der Waals surface area contributed by atoms with Gasteiger partial charge in [0.15, 0.2) is 0 Å². The monoisotopic (exact) mass is 178 g/mol. The molecule has 2 fully saturated rings. The summed E-state index contributed by atoms with van der Waals surface area (Å²) in [5, 5.41) is 0. The Bertz CT molecular complexity index is 284. The Kier molecular flexibility index (Phi) is 1.86. The Labute approximate surface area is 78.0 Å². The van der Waals surface area contributed by atoms with E-state index in [-0.39, 0.29) is 29.8 Å². The maximum absolute atomic E-state index is 11.4. The molecule has 2 rings (SSSR count). The number of carbonyl (C=O) groups excluding carboxylic acids is 2. The van der Waals surface area contributed by atoms with Crippen LogP contribution < -0.4 is 0 Å². The topological polar surface area (TPSA) is 34.1 Å². The van der Waals surface area contributed by atoms with Gasteiger partial charge in [-0.15, -0.1) is 0 Å². The van der Waals surface area contributed by atoms with E-state index >= 15 is 0 Å². The maximum Gasteiger partial charge on any atom is 0.144 e. The first-order valence-corrected chi connectivity index (χ1v) is 4.80. The molecule has 2 atom stereocenters. The third-order valence-electron chi connectivity index (χ3n) is 3.30. The molecule has 2 heteroatoms. The van der Waals surface area contributed by atoms with Gasteiger partial charge in [-0.2, -0.15) is 0 Å². The zero-order chi connectivity index (χ0) is 9.59. The van der Waals surface area contributed by atoms with E-state index < -0.39 is 0 Å². The summed E-state index contributed by atoms with van der Waals surface area (Å²) in [4.78, 5) is 22.8. The quantitative estimate of drug-likeness (QED) is 0.419.